The van der Waals surface area contributed by atoms with Crippen molar-refractivity contribution in [2.24, 2.45) is 0 Å². The van der Waals surface area contributed by atoms with E-state index in [1.165, 1.54) is 4.31 Å². The van der Waals surface area contributed by atoms with Gasteiger partial charge in [-0.3, -0.25) is 14.7 Å². The Morgan fingerprint density at radius 2 is 1.81 bits per heavy atom. The van der Waals surface area contributed by atoms with Crippen molar-refractivity contribution >= 4 is 32.5 Å². The molecule has 0 saturated carbocycles. The number of anilines is 1. The van der Waals surface area contributed by atoms with Gasteiger partial charge in [0.05, 0.1) is 22.6 Å². The second kappa shape index (κ2) is 8.74. The number of aromatic nitrogens is 1. The zero-order valence-corrected chi connectivity index (χ0v) is 18.5. The van der Waals surface area contributed by atoms with Crippen LogP contribution in [0.1, 0.15) is 11.1 Å². The molecule has 31 heavy (non-hydrogen) atoms. The van der Waals surface area contributed by atoms with Crippen molar-refractivity contribution in [3.05, 3.63) is 65.9 Å². The lowest BCUT2D eigenvalue weighted by molar-refractivity contribution is -0.117. The summed E-state index contributed by atoms with van der Waals surface area (Å²) in [7, 11) is -3.54. The number of piperazine rings is 1. The second-order valence-electron chi connectivity index (χ2n) is 7.87. The number of rotatable bonds is 5. The molecule has 0 aliphatic carbocycles. The number of hydrogen-bond acceptors (Lipinski definition) is 5. The van der Waals surface area contributed by atoms with Gasteiger partial charge in [0.25, 0.3) is 0 Å². The van der Waals surface area contributed by atoms with Gasteiger partial charge >= 0.3 is 0 Å². The maximum absolute atomic E-state index is 13.0. The van der Waals surface area contributed by atoms with Crippen molar-refractivity contribution < 1.29 is 13.2 Å². The Morgan fingerprint density at radius 3 is 2.55 bits per heavy atom. The number of nitrogens with zero attached hydrogens (tertiary/aromatic N) is 3. The summed E-state index contributed by atoms with van der Waals surface area (Å²) in [5.41, 5.74) is 3.35. The predicted octanol–water partition coefficient (Wildman–Crippen LogP) is 2.80. The Bertz CT molecular complexity index is 1210. The zero-order valence-electron chi connectivity index (χ0n) is 17.7. The monoisotopic (exact) mass is 438 g/mol. The van der Waals surface area contributed by atoms with Crippen molar-refractivity contribution in [3.8, 4) is 0 Å². The molecule has 3 aromatic rings. The number of carbonyl (C=O) groups is 1. The molecule has 162 valence electrons. The van der Waals surface area contributed by atoms with Crippen LogP contribution in [-0.2, 0) is 14.8 Å². The molecule has 1 N–H and O–H groups in total. The van der Waals surface area contributed by atoms with Crippen LogP contribution in [-0.4, -0.2) is 61.2 Å². The Kier molecular flexibility index (Phi) is 6.04. The maximum Gasteiger partial charge on any atom is 0.243 e. The van der Waals surface area contributed by atoms with E-state index in [2.05, 4.69) is 10.3 Å². The molecule has 0 atom stereocenters. The van der Waals surface area contributed by atoms with Crippen molar-refractivity contribution in [3.63, 3.8) is 0 Å². The summed E-state index contributed by atoms with van der Waals surface area (Å²) in [4.78, 5) is 19.2. The lowest BCUT2D eigenvalue weighted by Crippen LogP contribution is -2.50. The molecule has 2 heterocycles. The first kappa shape index (κ1) is 21.4. The quantitative estimate of drug-likeness (QED) is 0.662. The second-order valence-corrected chi connectivity index (χ2v) is 9.78. The maximum atomic E-state index is 13.0. The number of amides is 1. The normalized spacial score (nSPS) is 15.8. The Hall–Kier alpha value is -2.81. The number of pyridine rings is 1. The highest BCUT2D eigenvalue weighted by Gasteiger charge is 2.30. The summed E-state index contributed by atoms with van der Waals surface area (Å²) in [6, 6.07) is 14.8. The summed E-state index contributed by atoms with van der Waals surface area (Å²) >= 11 is 0. The van der Waals surface area contributed by atoms with Crippen LogP contribution in [0.4, 0.5) is 5.69 Å². The van der Waals surface area contributed by atoms with E-state index in [4.69, 9.17) is 0 Å². The third-order valence-electron chi connectivity index (χ3n) is 5.57. The van der Waals surface area contributed by atoms with E-state index in [0.29, 0.717) is 31.1 Å². The van der Waals surface area contributed by atoms with E-state index in [1.54, 1.807) is 12.3 Å². The number of sulfonamides is 1. The summed E-state index contributed by atoms with van der Waals surface area (Å²) in [5, 5.41) is 3.85. The molecule has 0 spiro atoms. The SMILES string of the molecule is Cc1ccc(S(=O)(=O)N2CCN(CC(=O)Nc3cccc4ncccc34)CC2)c(C)c1. The molecular weight excluding hydrogens is 412 g/mol. The molecule has 1 amide bonds. The molecule has 2 aromatic carbocycles. The molecule has 0 unspecified atom stereocenters. The van der Waals surface area contributed by atoms with Gasteiger partial charge in [-0.05, 0) is 49.7 Å². The first-order chi connectivity index (χ1) is 14.8. The van der Waals surface area contributed by atoms with Crippen LogP contribution in [0, 0.1) is 13.8 Å². The Labute approximate surface area is 182 Å². The number of hydrogen-bond donors (Lipinski definition) is 1. The Morgan fingerprint density at radius 1 is 1.03 bits per heavy atom. The minimum atomic E-state index is -3.54. The predicted molar refractivity (Wildman–Crippen MR) is 121 cm³/mol. The average molecular weight is 439 g/mol. The summed E-state index contributed by atoms with van der Waals surface area (Å²) in [5.74, 6) is -0.123. The molecule has 1 aromatic heterocycles. The van der Waals surface area contributed by atoms with Gasteiger partial charge in [-0.15, -0.1) is 0 Å². The van der Waals surface area contributed by atoms with Crippen LogP contribution < -0.4 is 5.32 Å². The largest absolute Gasteiger partial charge is 0.324 e. The van der Waals surface area contributed by atoms with Gasteiger partial charge in [-0.1, -0.05) is 23.8 Å². The van der Waals surface area contributed by atoms with Crippen molar-refractivity contribution in [2.45, 2.75) is 18.7 Å². The minimum absolute atomic E-state index is 0.123. The lowest BCUT2D eigenvalue weighted by Gasteiger charge is -2.33. The molecule has 7 nitrogen and oxygen atoms in total. The van der Waals surface area contributed by atoms with Crippen LogP contribution >= 0.6 is 0 Å². The number of aryl methyl sites for hydroxylation is 2. The number of carbonyl (C=O) groups excluding carboxylic acids is 1. The summed E-state index contributed by atoms with van der Waals surface area (Å²) < 4.78 is 27.6. The van der Waals surface area contributed by atoms with Crippen molar-refractivity contribution in [1.82, 2.24) is 14.2 Å². The number of nitrogens with one attached hydrogen (secondary N) is 1. The third kappa shape index (κ3) is 4.61. The van der Waals surface area contributed by atoms with Gasteiger partial charge in [0, 0.05) is 37.8 Å². The average Bonchev–Trinajstić information content (AvgIpc) is 2.74. The fraction of sp³-hybridized carbons (Fsp3) is 0.304. The fourth-order valence-corrected chi connectivity index (χ4v) is 5.59. The minimum Gasteiger partial charge on any atom is -0.324 e. The molecule has 1 aliphatic rings. The third-order valence-corrected chi connectivity index (χ3v) is 7.63. The molecule has 1 aliphatic heterocycles. The van der Waals surface area contributed by atoms with Gasteiger partial charge in [-0.25, -0.2) is 8.42 Å². The highest BCUT2D eigenvalue weighted by molar-refractivity contribution is 7.89. The smallest absolute Gasteiger partial charge is 0.243 e. The van der Waals surface area contributed by atoms with Gasteiger partial charge in [0.1, 0.15) is 0 Å². The molecule has 0 radical (unpaired) electrons. The molecule has 8 heteroatoms. The fourth-order valence-electron chi connectivity index (χ4n) is 3.96. The van der Waals surface area contributed by atoms with Gasteiger partial charge < -0.3 is 5.32 Å². The zero-order chi connectivity index (χ0) is 22.0. The summed E-state index contributed by atoms with van der Waals surface area (Å²) in [6.45, 7) is 5.73. The van der Waals surface area contributed by atoms with Crippen LogP contribution in [0.5, 0.6) is 0 Å². The molecule has 0 bridgehead atoms. The lowest BCUT2D eigenvalue weighted by atomic mass is 10.2. The van der Waals surface area contributed by atoms with Gasteiger partial charge in [0.15, 0.2) is 0 Å². The van der Waals surface area contributed by atoms with Crippen LogP contribution in [0.15, 0.2) is 59.6 Å². The van der Waals surface area contributed by atoms with Gasteiger partial charge in [-0.2, -0.15) is 4.31 Å². The van der Waals surface area contributed by atoms with Gasteiger partial charge in [0.2, 0.25) is 15.9 Å². The number of benzene rings is 2. The van der Waals surface area contributed by atoms with E-state index in [0.717, 1.165) is 27.7 Å². The van der Waals surface area contributed by atoms with Crippen LogP contribution in [0.3, 0.4) is 0 Å². The van der Waals surface area contributed by atoms with E-state index < -0.39 is 10.0 Å². The van der Waals surface area contributed by atoms with Crippen molar-refractivity contribution in [1.29, 1.82) is 0 Å². The van der Waals surface area contributed by atoms with Crippen LogP contribution in [0.2, 0.25) is 0 Å². The van der Waals surface area contributed by atoms with E-state index in [9.17, 15) is 13.2 Å². The molecule has 4 rings (SSSR count). The molecule has 1 saturated heterocycles. The molecular formula is C23H26N4O3S. The Balaban J connectivity index is 1.37. The topological polar surface area (TPSA) is 82.6 Å². The highest BCUT2D eigenvalue weighted by atomic mass is 32.2. The highest BCUT2D eigenvalue weighted by Crippen LogP contribution is 2.23. The number of fused-ring (bicyclic) bond motifs is 1. The van der Waals surface area contributed by atoms with E-state index >= 15 is 0 Å². The van der Waals surface area contributed by atoms with E-state index in [-0.39, 0.29) is 12.5 Å². The van der Waals surface area contributed by atoms with E-state index in [1.807, 2.05) is 61.2 Å². The van der Waals surface area contributed by atoms with Crippen molar-refractivity contribution in [2.75, 3.05) is 38.0 Å². The first-order valence-corrected chi connectivity index (χ1v) is 11.7. The molecule has 1 fully saturated rings. The first-order valence-electron chi connectivity index (χ1n) is 10.3. The summed E-state index contributed by atoms with van der Waals surface area (Å²) in [6.07, 6.45) is 1.72. The standard InChI is InChI=1S/C23H26N4O3S/c1-17-8-9-22(18(2)15-17)31(29,30)27-13-11-26(12-14-27)16-23(28)25-21-7-3-6-20-19(21)5-4-10-24-20/h3-10,15H,11-14,16H2,1-2H3,(H,25,28). The van der Waals surface area contributed by atoms with Crippen LogP contribution in [0.25, 0.3) is 10.9 Å².